The van der Waals surface area contributed by atoms with E-state index in [-0.39, 0.29) is 11.4 Å². The van der Waals surface area contributed by atoms with Crippen LogP contribution in [0.4, 0.5) is 5.82 Å². The van der Waals surface area contributed by atoms with Crippen molar-refractivity contribution in [1.29, 1.82) is 0 Å². The summed E-state index contributed by atoms with van der Waals surface area (Å²) < 4.78 is 9.82. The van der Waals surface area contributed by atoms with Gasteiger partial charge in [0.1, 0.15) is 11.4 Å². The predicted octanol–water partition coefficient (Wildman–Crippen LogP) is 1.75. The Kier molecular flexibility index (Phi) is 7.20. The number of rotatable bonds is 8. The number of nitrogen functional groups attached to an aromatic ring is 1. The highest BCUT2D eigenvalue weighted by atomic mass is 32.2. The Balaban J connectivity index is 2.49. The fourth-order valence-corrected chi connectivity index (χ4v) is 2.15. The molecule has 0 aromatic carbocycles. The number of aromatic nitrogens is 2. The van der Waals surface area contributed by atoms with Crippen LogP contribution in [0.25, 0.3) is 0 Å². The van der Waals surface area contributed by atoms with E-state index in [0.29, 0.717) is 11.8 Å². The summed E-state index contributed by atoms with van der Waals surface area (Å²) in [4.78, 5) is 19.7. The number of anilines is 1. The first-order chi connectivity index (χ1) is 9.19. The lowest BCUT2D eigenvalue weighted by molar-refractivity contribution is 0.0526. The van der Waals surface area contributed by atoms with Crippen molar-refractivity contribution in [2.24, 2.45) is 0 Å². The third-order valence-corrected chi connectivity index (χ3v) is 3.21. The van der Waals surface area contributed by atoms with E-state index >= 15 is 0 Å². The van der Waals surface area contributed by atoms with Crippen molar-refractivity contribution in [1.82, 2.24) is 9.97 Å². The zero-order valence-electron chi connectivity index (χ0n) is 11.2. The molecule has 0 radical (unpaired) electrons. The molecule has 2 N–H and O–H groups in total. The van der Waals surface area contributed by atoms with Gasteiger partial charge in [-0.05, 0) is 19.8 Å². The molecule has 7 heteroatoms. The first-order valence-electron chi connectivity index (χ1n) is 6.10. The molecule has 6 nitrogen and oxygen atoms in total. The summed E-state index contributed by atoms with van der Waals surface area (Å²) in [6.45, 7) is 2.79. The van der Waals surface area contributed by atoms with Gasteiger partial charge in [-0.1, -0.05) is 11.8 Å². The highest BCUT2D eigenvalue weighted by Gasteiger charge is 2.13. The summed E-state index contributed by atoms with van der Waals surface area (Å²) in [6.07, 6.45) is 3.43. The maximum absolute atomic E-state index is 11.5. The molecule has 1 heterocycles. The van der Waals surface area contributed by atoms with Crippen molar-refractivity contribution in [2.45, 2.75) is 24.9 Å². The van der Waals surface area contributed by atoms with Gasteiger partial charge in [-0.2, -0.15) is 0 Å². The Morgan fingerprint density at radius 3 is 2.89 bits per heavy atom. The topological polar surface area (TPSA) is 87.3 Å². The van der Waals surface area contributed by atoms with Crippen LogP contribution in [-0.4, -0.2) is 42.0 Å². The quantitative estimate of drug-likeness (QED) is 0.337. The van der Waals surface area contributed by atoms with Gasteiger partial charge in [-0.3, -0.25) is 0 Å². The lowest BCUT2D eigenvalue weighted by Crippen LogP contribution is -2.10. The first kappa shape index (κ1) is 15.7. The van der Waals surface area contributed by atoms with Crippen LogP contribution in [-0.2, 0) is 9.47 Å². The van der Waals surface area contributed by atoms with Crippen molar-refractivity contribution in [3.05, 3.63) is 11.8 Å². The fraction of sp³-hybridized carbons (Fsp3) is 0.583. The lowest BCUT2D eigenvalue weighted by Gasteiger charge is -2.05. The minimum Gasteiger partial charge on any atom is -0.462 e. The van der Waals surface area contributed by atoms with Crippen LogP contribution in [0.5, 0.6) is 0 Å². The Hall–Kier alpha value is -1.34. The van der Waals surface area contributed by atoms with Crippen molar-refractivity contribution in [3.8, 4) is 0 Å². The number of carbonyl (C=O) groups is 1. The molecule has 0 spiro atoms. The van der Waals surface area contributed by atoms with E-state index in [9.17, 15) is 4.79 Å². The number of esters is 1. The van der Waals surface area contributed by atoms with Gasteiger partial charge in [0.2, 0.25) is 0 Å². The van der Waals surface area contributed by atoms with Crippen LogP contribution in [0.3, 0.4) is 0 Å². The van der Waals surface area contributed by atoms with E-state index in [4.69, 9.17) is 15.2 Å². The predicted molar refractivity (Wildman–Crippen MR) is 74.2 cm³/mol. The molecule has 0 bridgehead atoms. The minimum atomic E-state index is -0.489. The van der Waals surface area contributed by atoms with Crippen LogP contribution in [0.15, 0.2) is 11.4 Å². The van der Waals surface area contributed by atoms with Gasteiger partial charge >= 0.3 is 5.97 Å². The molecule has 0 aliphatic rings. The van der Waals surface area contributed by atoms with E-state index in [1.54, 1.807) is 14.0 Å². The molecule has 106 valence electrons. The van der Waals surface area contributed by atoms with Crippen molar-refractivity contribution in [2.75, 3.05) is 31.8 Å². The van der Waals surface area contributed by atoms with Gasteiger partial charge in [0, 0.05) is 25.7 Å². The summed E-state index contributed by atoms with van der Waals surface area (Å²) in [5.74, 6) is 0.561. The standard InChI is InChI=1S/C12H19N3O3S/c1-3-18-11(16)9-8-14-12(15-10(9)13)19-7-5-4-6-17-2/h8H,3-7H2,1-2H3,(H2,13,14,15). The number of methoxy groups -OCH3 is 1. The smallest absolute Gasteiger partial charge is 0.343 e. The van der Waals surface area contributed by atoms with Gasteiger partial charge in [0.25, 0.3) is 0 Å². The zero-order chi connectivity index (χ0) is 14.1. The van der Waals surface area contributed by atoms with Crippen molar-refractivity contribution >= 4 is 23.5 Å². The molecular weight excluding hydrogens is 266 g/mol. The van der Waals surface area contributed by atoms with Crippen LogP contribution in [0, 0.1) is 0 Å². The van der Waals surface area contributed by atoms with E-state index in [1.807, 2.05) is 0 Å². The van der Waals surface area contributed by atoms with Gasteiger partial charge in [0.05, 0.1) is 6.61 Å². The third kappa shape index (κ3) is 5.44. The van der Waals surface area contributed by atoms with Gasteiger partial charge in [-0.25, -0.2) is 14.8 Å². The number of nitrogens with two attached hydrogens (primary N) is 1. The summed E-state index contributed by atoms with van der Waals surface area (Å²) in [7, 11) is 1.69. The SMILES string of the molecule is CCOC(=O)c1cnc(SCCCCOC)nc1N. The van der Waals surface area contributed by atoms with Gasteiger partial charge < -0.3 is 15.2 Å². The first-order valence-corrected chi connectivity index (χ1v) is 7.09. The van der Waals surface area contributed by atoms with E-state index < -0.39 is 5.97 Å². The highest BCUT2D eigenvalue weighted by molar-refractivity contribution is 7.99. The zero-order valence-corrected chi connectivity index (χ0v) is 12.0. The number of hydrogen-bond acceptors (Lipinski definition) is 7. The maximum Gasteiger partial charge on any atom is 0.343 e. The monoisotopic (exact) mass is 285 g/mol. The number of unbranched alkanes of at least 4 members (excludes halogenated alkanes) is 1. The molecule has 0 amide bonds. The Labute approximate surface area is 117 Å². The van der Waals surface area contributed by atoms with E-state index in [1.165, 1.54) is 18.0 Å². The summed E-state index contributed by atoms with van der Waals surface area (Å²) >= 11 is 1.51. The van der Waals surface area contributed by atoms with Crippen molar-refractivity contribution in [3.63, 3.8) is 0 Å². The average Bonchev–Trinajstić information content (AvgIpc) is 2.39. The average molecular weight is 285 g/mol. The molecule has 19 heavy (non-hydrogen) atoms. The third-order valence-electron chi connectivity index (χ3n) is 2.27. The molecule has 0 aliphatic heterocycles. The molecular formula is C12H19N3O3S. The van der Waals surface area contributed by atoms with Crippen LogP contribution >= 0.6 is 11.8 Å². The largest absolute Gasteiger partial charge is 0.462 e. The normalized spacial score (nSPS) is 10.4. The van der Waals surface area contributed by atoms with Gasteiger partial charge in [-0.15, -0.1) is 0 Å². The number of nitrogens with zero attached hydrogens (tertiary/aromatic N) is 2. The van der Waals surface area contributed by atoms with E-state index in [2.05, 4.69) is 9.97 Å². The molecule has 0 saturated heterocycles. The van der Waals surface area contributed by atoms with Crippen molar-refractivity contribution < 1.29 is 14.3 Å². The second-order valence-electron chi connectivity index (χ2n) is 3.72. The second kappa shape index (κ2) is 8.71. The lowest BCUT2D eigenvalue weighted by atomic mass is 10.3. The molecule has 0 fully saturated rings. The fourth-order valence-electron chi connectivity index (χ4n) is 1.33. The highest BCUT2D eigenvalue weighted by Crippen LogP contribution is 2.18. The Bertz CT molecular complexity index is 415. The molecule has 0 atom stereocenters. The van der Waals surface area contributed by atoms with Crippen LogP contribution in [0.2, 0.25) is 0 Å². The van der Waals surface area contributed by atoms with Crippen LogP contribution < -0.4 is 5.73 Å². The second-order valence-corrected chi connectivity index (χ2v) is 4.78. The molecule has 0 saturated carbocycles. The number of hydrogen-bond donors (Lipinski definition) is 1. The Morgan fingerprint density at radius 2 is 2.26 bits per heavy atom. The molecule has 0 aliphatic carbocycles. The van der Waals surface area contributed by atoms with E-state index in [0.717, 1.165) is 25.2 Å². The molecule has 1 rings (SSSR count). The number of carbonyl (C=O) groups excluding carboxylic acids is 1. The maximum atomic E-state index is 11.5. The summed E-state index contributed by atoms with van der Waals surface area (Å²) in [6, 6.07) is 0. The number of thioether (sulfide) groups is 1. The van der Waals surface area contributed by atoms with Gasteiger partial charge in [0.15, 0.2) is 5.16 Å². The molecule has 1 aromatic heterocycles. The Morgan fingerprint density at radius 1 is 1.47 bits per heavy atom. The molecule has 0 unspecified atom stereocenters. The van der Waals surface area contributed by atoms with Crippen LogP contribution in [0.1, 0.15) is 30.1 Å². The minimum absolute atomic E-state index is 0.160. The molecule has 1 aromatic rings. The summed E-state index contributed by atoms with van der Waals surface area (Å²) in [5.41, 5.74) is 5.93. The number of ether oxygens (including phenoxy) is 2. The summed E-state index contributed by atoms with van der Waals surface area (Å²) in [5, 5.41) is 0.572.